The molecule has 0 amide bonds. The first-order valence-electron chi connectivity index (χ1n) is 17.6. The van der Waals surface area contributed by atoms with Crippen molar-refractivity contribution in [1.29, 1.82) is 0 Å². The van der Waals surface area contributed by atoms with Gasteiger partial charge in [0.15, 0.2) is 0 Å². The molecule has 0 atom stereocenters. The summed E-state index contributed by atoms with van der Waals surface area (Å²) in [5.41, 5.74) is 3.39. The van der Waals surface area contributed by atoms with Crippen LogP contribution < -0.4 is 4.72 Å². The molecule has 2 aliphatic carbocycles. The summed E-state index contributed by atoms with van der Waals surface area (Å²) in [7, 11) is -2.94. The number of nitrogens with zero attached hydrogens (tertiary/aromatic N) is 1. The van der Waals surface area contributed by atoms with Crippen molar-refractivity contribution in [2.24, 2.45) is 22.4 Å². The fourth-order valence-corrected chi connectivity index (χ4v) is 5.43. The van der Waals surface area contributed by atoms with Crippen LogP contribution in [0.25, 0.3) is 11.1 Å². The molecule has 0 bridgehead atoms. The Morgan fingerprint density at radius 3 is 1.82 bits per heavy atom. The lowest BCUT2D eigenvalue weighted by atomic mass is 9.84. The number of oxime groups is 1. The maximum Gasteiger partial charge on any atom is 0.308 e. The minimum absolute atomic E-state index is 0. The molecule has 1 N–H and O–H groups in total. The average molecular weight is 721 g/mol. The molecule has 4 rings (SSSR count). The summed E-state index contributed by atoms with van der Waals surface area (Å²) >= 11 is 0. The third-order valence-electron chi connectivity index (χ3n) is 7.73. The smallest absolute Gasteiger partial charge is 0.308 e. The molecular weight excluding hydrogens is 652 g/mol. The summed E-state index contributed by atoms with van der Waals surface area (Å²) in [4.78, 5) is 16.2. The van der Waals surface area contributed by atoms with E-state index in [1.54, 1.807) is 18.3 Å². The maximum absolute atomic E-state index is 12.9. The highest BCUT2D eigenvalue weighted by atomic mass is 32.2. The van der Waals surface area contributed by atoms with E-state index in [4.69, 9.17) is 9.57 Å². The quantitative estimate of drug-likeness (QED) is 0.120. The van der Waals surface area contributed by atoms with Gasteiger partial charge in [-0.15, -0.1) is 13.2 Å². The van der Waals surface area contributed by atoms with E-state index < -0.39 is 10.0 Å². The number of carbonyl (C=O) groups is 1. The van der Waals surface area contributed by atoms with E-state index >= 15 is 0 Å². The fraction of sp³-hybridized carbons (Fsp3) is 0.610. The monoisotopic (exact) mass is 720 g/mol. The van der Waals surface area contributed by atoms with Crippen LogP contribution in [-0.4, -0.2) is 44.1 Å². The van der Waals surface area contributed by atoms with Gasteiger partial charge in [0, 0.05) is 11.6 Å². The first-order chi connectivity index (χ1) is 22.8. The molecule has 7 nitrogen and oxygen atoms in total. The lowest BCUT2D eigenvalue weighted by Crippen LogP contribution is -2.32. The Hall–Kier alpha value is -3.04. The van der Waals surface area contributed by atoms with Crippen LogP contribution in [-0.2, 0) is 24.4 Å². The summed E-state index contributed by atoms with van der Waals surface area (Å²) in [5.74, 6) is 0.540. The van der Waals surface area contributed by atoms with Gasteiger partial charge in [0.2, 0.25) is 10.0 Å². The summed E-state index contributed by atoms with van der Waals surface area (Å²) in [5, 5.41) is 3.86. The minimum Gasteiger partial charge on any atom is -0.462 e. The highest BCUT2D eigenvalue weighted by Gasteiger charge is 2.35. The molecule has 0 saturated heterocycles. The van der Waals surface area contributed by atoms with Crippen LogP contribution in [0.4, 0.5) is 4.39 Å². The van der Waals surface area contributed by atoms with E-state index in [2.05, 4.69) is 57.7 Å². The van der Waals surface area contributed by atoms with E-state index in [1.807, 2.05) is 65.8 Å². The molecule has 2 aromatic rings. The number of benzene rings is 2. The van der Waals surface area contributed by atoms with Crippen LogP contribution in [0, 0.1) is 23.1 Å². The van der Waals surface area contributed by atoms with E-state index in [0.717, 1.165) is 48.3 Å². The van der Waals surface area contributed by atoms with Gasteiger partial charge in [-0.05, 0) is 101 Å². The van der Waals surface area contributed by atoms with E-state index in [9.17, 15) is 17.6 Å². The van der Waals surface area contributed by atoms with Crippen molar-refractivity contribution in [3.8, 4) is 11.1 Å². The van der Waals surface area contributed by atoms with Gasteiger partial charge in [0.1, 0.15) is 18.0 Å². The molecule has 50 heavy (non-hydrogen) atoms. The number of halogens is 1. The third kappa shape index (κ3) is 21.9. The van der Waals surface area contributed by atoms with Gasteiger partial charge in [0.05, 0.1) is 17.4 Å². The molecule has 2 aromatic carbocycles. The Morgan fingerprint density at radius 1 is 0.900 bits per heavy atom. The van der Waals surface area contributed by atoms with Gasteiger partial charge < -0.3 is 9.57 Å². The maximum atomic E-state index is 12.9. The van der Waals surface area contributed by atoms with Crippen LogP contribution in [0.2, 0.25) is 0 Å². The van der Waals surface area contributed by atoms with Crippen LogP contribution in [0.3, 0.4) is 0 Å². The van der Waals surface area contributed by atoms with Crippen LogP contribution in [0.15, 0.2) is 66.8 Å². The number of hydrogen-bond donors (Lipinski definition) is 1. The van der Waals surface area contributed by atoms with Crippen LogP contribution in [0.1, 0.15) is 128 Å². The molecule has 2 saturated carbocycles. The summed E-state index contributed by atoms with van der Waals surface area (Å²) < 4.78 is 42.9. The van der Waals surface area contributed by atoms with Gasteiger partial charge in [0.25, 0.3) is 0 Å². The first kappa shape index (κ1) is 49.1. The largest absolute Gasteiger partial charge is 0.462 e. The number of rotatable bonds is 9. The Bertz CT molecular complexity index is 1320. The highest BCUT2D eigenvalue weighted by molar-refractivity contribution is 7.90. The van der Waals surface area contributed by atoms with Crippen molar-refractivity contribution in [2.45, 2.75) is 146 Å². The predicted octanol–water partition coefficient (Wildman–Crippen LogP) is 11.0. The second kappa shape index (κ2) is 25.0. The van der Waals surface area contributed by atoms with Crippen molar-refractivity contribution in [1.82, 2.24) is 4.72 Å². The van der Waals surface area contributed by atoms with Crippen molar-refractivity contribution in [3.05, 3.63) is 73.1 Å². The van der Waals surface area contributed by atoms with Crippen molar-refractivity contribution >= 4 is 22.2 Å². The predicted molar refractivity (Wildman–Crippen MR) is 211 cm³/mol. The second-order valence-corrected chi connectivity index (χ2v) is 16.5. The lowest BCUT2D eigenvalue weighted by Gasteiger charge is -2.22. The van der Waals surface area contributed by atoms with Crippen molar-refractivity contribution in [3.63, 3.8) is 0 Å². The molecule has 0 heterocycles. The zero-order valence-corrected chi connectivity index (χ0v) is 32.9. The number of sulfonamides is 1. The summed E-state index contributed by atoms with van der Waals surface area (Å²) in [6.45, 7) is 28.5. The Labute approximate surface area is 305 Å². The zero-order valence-electron chi connectivity index (χ0n) is 32.1. The van der Waals surface area contributed by atoms with E-state index in [-0.39, 0.29) is 48.6 Å². The third-order valence-corrected chi connectivity index (χ3v) is 9.88. The number of esters is 1. The van der Waals surface area contributed by atoms with Gasteiger partial charge >= 0.3 is 5.97 Å². The average Bonchev–Trinajstić information content (AvgIpc) is 3.77. The Kier molecular flexibility index (Phi) is 24.5. The zero-order chi connectivity index (χ0) is 37.8. The van der Waals surface area contributed by atoms with Crippen LogP contribution >= 0.6 is 0 Å². The van der Waals surface area contributed by atoms with Gasteiger partial charge in [-0.2, -0.15) is 0 Å². The molecule has 9 heteroatoms. The molecule has 0 unspecified atom stereocenters. The molecule has 0 radical (unpaired) electrons. The standard InChI is InChI=1S/C16H16FNO.C9H16O2.C7H16.C6H13NO2S.C2H4.CH4/c1-12(2)19-18-11-14-5-3-4-6-16(14)13-7-9-15(17)10-8-13;1-7(2)9(10)11-8-5-3-4-6-8;1-6(2)7(3,4)5;1-5(2)7-10(8,9)6-3-4-6;1-2;/h3-12H,1-2H3;7-8H,3-6H2,1-2H3;6H,1-5H3;5-7H,3-4H2,1-2H3;1-2H2;1H4/b18-11+;;;;;. The fourth-order valence-electron chi connectivity index (χ4n) is 3.82. The Morgan fingerprint density at radius 2 is 1.40 bits per heavy atom. The van der Waals surface area contributed by atoms with Gasteiger partial charge in [-0.3, -0.25) is 4.79 Å². The summed E-state index contributed by atoms with van der Waals surface area (Å²) in [6, 6.07) is 14.3. The van der Waals surface area contributed by atoms with Crippen molar-refractivity contribution in [2.75, 3.05) is 0 Å². The van der Waals surface area contributed by atoms with Crippen molar-refractivity contribution < 1.29 is 27.2 Å². The molecule has 2 aliphatic rings. The molecule has 0 aliphatic heterocycles. The molecular formula is C41H69FN2O5S. The normalized spacial score (nSPS) is 14.3. The lowest BCUT2D eigenvalue weighted by molar-refractivity contribution is -0.152. The van der Waals surface area contributed by atoms with Gasteiger partial charge in [-0.1, -0.05) is 97.4 Å². The summed E-state index contributed by atoms with van der Waals surface area (Å²) in [6.07, 6.45) is 8.20. The molecule has 2 fully saturated rings. The first-order valence-corrected chi connectivity index (χ1v) is 19.1. The van der Waals surface area contributed by atoms with Gasteiger partial charge in [-0.25, -0.2) is 17.5 Å². The van der Waals surface area contributed by atoms with E-state index in [0.29, 0.717) is 5.41 Å². The number of hydrogen-bond acceptors (Lipinski definition) is 6. The highest BCUT2D eigenvalue weighted by Crippen LogP contribution is 2.27. The number of carbonyl (C=O) groups excluding carboxylic acids is 1. The molecule has 0 spiro atoms. The minimum atomic E-state index is -2.94. The number of nitrogens with one attached hydrogen (secondary N) is 1. The topological polar surface area (TPSA) is 94.1 Å². The molecule has 0 aromatic heterocycles. The molecule has 286 valence electrons. The second-order valence-electron chi connectivity index (χ2n) is 14.5. The van der Waals surface area contributed by atoms with Crippen LogP contribution in [0.5, 0.6) is 0 Å². The van der Waals surface area contributed by atoms with E-state index in [1.165, 1.54) is 25.0 Å². The SMILES string of the molecule is C.C=C.CC(C)C(=O)OC1CCCC1.CC(C)C(C)(C)C.CC(C)NS(=O)(=O)C1CC1.CC(C)O/N=C/c1ccccc1-c1ccc(F)cc1. The Balaban J connectivity index is 0. The number of ether oxygens (including phenoxy) is 1.